The molecule has 2 rings (SSSR count). The summed E-state index contributed by atoms with van der Waals surface area (Å²) in [5.41, 5.74) is 0.801. The van der Waals surface area contributed by atoms with E-state index in [1.54, 1.807) is 25.1 Å². The maximum absolute atomic E-state index is 12.4. The first-order chi connectivity index (χ1) is 8.88. The van der Waals surface area contributed by atoms with E-state index in [4.69, 9.17) is 0 Å². The van der Waals surface area contributed by atoms with E-state index in [1.807, 2.05) is 0 Å². The Morgan fingerprint density at radius 3 is 2.21 bits per heavy atom. The van der Waals surface area contributed by atoms with Crippen molar-refractivity contribution in [1.82, 2.24) is 4.98 Å². The van der Waals surface area contributed by atoms with Crippen LogP contribution in [-0.2, 0) is 6.18 Å². The number of benzene rings is 1. The maximum Gasteiger partial charge on any atom is 0.416 e. The smallest absolute Gasteiger partial charge is 0.382 e. The maximum atomic E-state index is 12.4. The first-order valence-electron chi connectivity index (χ1n) is 5.67. The summed E-state index contributed by atoms with van der Waals surface area (Å²) in [5.74, 6) is 0. The predicted octanol–water partition coefficient (Wildman–Crippen LogP) is 3.49. The first-order valence-corrected chi connectivity index (χ1v) is 5.67. The van der Waals surface area contributed by atoms with E-state index in [9.17, 15) is 18.3 Å². The standard InChI is InChI=1S/C14H12F3NO/c1-9-3-2-4-12(18-9)13(19)10-5-7-11(8-6-10)14(15,16)17/h2-8,13,19H,1H3. The van der Waals surface area contributed by atoms with E-state index in [1.165, 1.54) is 12.1 Å². The number of hydrogen-bond acceptors (Lipinski definition) is 2. The molecule has 0 aliphatic carbocycles. The molecule has 0 aliphatic rings. The molecule has 1 heterocycles. The Labute approximate surface area is 108 Å². The van der Waals surface area contributed by atoms with Crippen molar-refractivity contribution in [3.63, 3.8) is 0 Å². The monoisotopic (exact) mass is 267 g/mol. The summed E-state index contributed by atoms with van der Waals surface area (Å²) in [6.07, 6.45) is -5.40. The van der Waals surface area contributed by atoms with Gasteiger partial charge in [0.25, 0.3) is 0 Å². The molecule has 100 valence electrons. The van der Waals surface area contributed by atoms with Crippen LogP contribution in [0.2, 0.25) is 0 Å². The Hall–Kier alpha value is -1.88. The van der Waals surface area contributed by atoms with Gasteiger partial charge in [-0.2, -0.15) is 13.2 Å². The Kier molecular flexibility index (Phi) is 3.57. The largest absolute Gasteiger partial charge is 0.416 e. The third-order valence-electron chi connectivity index (χ3n) is 2.74. The normalized spacial score (nSPS) is 13.3. The van der Waals surface area contributed by atoms with Crippen LogP contribution >= 0.6 is 0 Å². The van der Waals surface area contributed by atoms with Crippen molar-refractivity contribution >= 4 is 0 Å². The lowest BCUT2D eigenvalue weighted by molar-refractivity contribution is -0.137. The summed E-state index contributed by atoms with van der Waals surface area (Å²) in [4.78, 5) is 4.15. The van der Waals surface area contributed by atoms with Crippen molar-refractivity contribution in [2.45, 2.75) is 19.2 Å². The molecule has 19 heavy (non-hydrogen) atoms. The van der Waals surface area contributed by atoms with Crippen LogP contribution in [0.4, 0.5) is 13.2 Å². The van der Waals surface area contributed by atoms with Crippen molar-refractivity contribution in [2.75, 3.05) is 0 Å². The molecule has 2 nitrogen and oxygen atoms in total. The van der Waals surface area contributed by atoms with Crippen molar-refractivity contribution in [3.8, 4) is 0 Å². The highest BCUT2D eigenvalue weighted by Crippen LogP contribution is 2.30. The molecule has 1 N–H and O–H groups in total. The molecule has 1 aromatic carbocycles. The van der Waals surface area contributed by atoms with Gasteiger partial charge < -0.3 is 5.11 Å². The number of alkyl halides is 3. The van der Waals surface area contributed by atoms with Gasteiger partial charge in [0.1, 0.15) is 6.10 Å². The summed E-state index contributed by atoms with van der Waals surface area (Å²) in [7, 11) is 0. The topological polar surface area (TPSA) is 33.1 Å². The van der Waals surface area contributed by atoms with E-state index < -0.39 is 17.8 Å². The Balaban J connectivity index is 2.27. The highest BCUT2D eigenvalue weighted by molar-refractivity contribution is 5.30. The number of aromatic nitrogens is 1. The summed E-state index contributed by atoms with van der Waals surface area (Å²) in [6.45, 7) is 1.78. The molecule has 0 aliphatic heterocycles. The third-order valence-corrected chi connectivity index (χ3v) is 2.74. The van der Waals surface area contributed by atoms with Crippen molar-refractivity contribution in [3.05, 3.63) is 65.0 Å². The van der Waals surface area contributed by atoms with E-state index in [2.05, 4.69) is 4.98 Å². The molecule has 1 atom stereocenters. The van der Waals surface area contributed by atoms with Crippen LogP contribution in [0.1, 0.15) is 28.6 Å². The molecular weight excluding hydrogens is 255 g/mol. The summed E-state index contributed by atoms with van der Waals surface area (Å²) < 4.78 is 37.3. The lowest BCUT2D eigenvalue weighted by atomic mass is 10.0. The predicted molar refractivity (Wildman–Crippen MR) is 64.5 cm³/mol. The molecule has 0 saturated heterocycles. The van der Waals surface area contributed by atoms with Crippen molar-refractivity contribution in [1.29, 1.82) is 0 Å². The van der Waals surface area contributed by atoms with Gasteiger partial charge in [-0.25, -0.2) is 0 Å². The second-order valence-electron chi connectivity index (χ2n) is 4.23. The minimum atomic E-state index is -4.37. The van der Waals surface area contributed by atoms with E-state index in [0.717, 1.165) is 17.8 Å². The van der Waals surface area contributed by atoms with Gasteiger partial charge in [0.15, 0.2) is 0 Å². The average molecular weight is 267 g/mol. The number of rotatable bonds is 2. The van der Waals surface area contributed by atoms with E-state index in [0.29, 0.717) is 11.3 Å². The zero-order valence-electron chi connectivity index (χ0n) is 10.1. The number of aliphatic hydroxyl groups excluding tert-OH is 1. The van der Waals surface area contributed by atoms with E-state index in [-0.39, 0.29) is 0 Å². The van der Waals surface area contributed by atoms with Gasteiger partial charge in [0.05, 0.1) is 11.3 Å². The molecule has 0 spiro atoms. The number of pyridine rings is 1. The second kappa shape index (κ2) is 5.01. The fourth-order valence-electron chi connectivity index (χ4n) is 1.74. The highest BCUT2D eigenvalue weighted by Gasteiger charge is 2.30. The lowest BCUT2D eigenvalue weighted by Gasteiger charge is -2.12. The average Bonchev–Trinajstić information content (AvgIpc) is 2.37. The number of halogens is 3. The molecule has 1 unspecified atom stereocenters. The van der Waals surface area contributed by atoms with Gasteiger partial charge in [0, 0.05) is 5.69 Å². The molecule has 0 radical (unpaired) electrons. The fourth-order valence-corrected chi connectivity index (χ4v) is 1.74. The summed E-state index contributed by atoms with van der Waals surface area (Å²) in [6, 6.07) is 9.58. The second-order valence-corrected chi connectivity index (χ2v) is 4.23. The minimum absolute atomic E-state index is 0.381. The van der Waals surface area contributed by atoms with Crippen molar-refractivity contribution in [2.24, 2.45) is 0 Å². The van der Waals surface area contributed by atoms with Crippen LogP contribution in [-0.4, -0.2) is 10.1 Å². The van der Waals surface area contributed by atoms with E-state index >= 15 is 0 Å². The third kappa shape index (κ3) is 3.12. The zero-order chi connectivity index (χ0) is 14.0. The molecule has 1 aromatic heterocycles. The molecule has 2 aromatic rings. The number of nitrogens with zero attached hydrogens (tertiary/aromatic N) is 1. The molecule has 0 amide bonds. The molecule has 0 fully saturated rings. The van der Waals surface area contributed by atoms with Gasteiger partial charge in [-0.3, -0.25) is 4.98 Å². The van der Waals surface area contributed by atoms with Crippen LogP contribution in [0, 0.1) is 6.92 Å². The minimum Gasteiger partial charge on any atom is -0.382 e. The quantitative estimate of drug-likeness (QED) is 0.903. The number of aryl methyl sites for hydroxylation is 1. The highest BCUT2D eigenvalue weighted by atomic mass is 19.4. The van der Waals surface area contributed by atoms with Gasteiger partial charge in [-0.15, -0.1) is 0 Å². The SMILES string of the molecule is Cc1cccc(C(O)c2ccc(C(F)(F)F)cc2)n1. The van der Waals surface area contributed by atoms with Crippen LogP contribution in [0.15, 0.2) is 42.5 Å². The number of aliphatic hydroxyl groups is 1. The van der Waals surface area contributed by atoms with Crippen LogP contribution < -0.4 is 0 Å². The Morgan fingerprint density at radius 1 is 1.05 bits per heavy atom. The van der Waals surface area contributed by atoms with Gasteiger partial charge in [-0.05, 0) is 36.8 Å². The molecule has 0 bridgehead atoms. The molecular formula is C14H12F3NO. The van der Waals surface area contributed by atoms with Crippen molar-refractivity contribution < 1.29 is 18.3 Å². The molecule has 0 saturated carbocycles. The zero-order valence-corrected chi connectivity index (χ0v) is 10.1. The first kappa shape index (κ1) is 13.5. The summed E-state index contributed by atoms with van der Waals surface area (Å²) in [5, 5.41) is 10.1. The number of hydrogen-bond donors (Lipinski definition) is 1. The van der Waals surface area contributed by atoms with Crippen LogP contribution in [0.3, 0.4) is 0 Å². The van der Waals surface area contributed by atoms with Crippen LogP contribution in [0.5, 0.6) is 0 Å². The lowest BCUT2D eigenvalue weighted by Crippen LogP contribution is -2.07. The molecule has 5 heteroatoms. The Bertz CT molecular complexity index is 564. The summed E-state index contributed by atoms with van der Waals surface area (Å²) >= 11 is 0. The Morgan fingerprint density at radius 2 is 1.68 bits per heavy atom. The van der Waals surface area contributed by atoms with Gasteiger partial charge in [-0.1, -0.05) is 18.2 Å². The van der Waals surface area contributed by atoms with Crippen LogP contribution in [0.25, 0.3) is 0 Å². The van der Waals surface area contributed by atoms with Gasteiger partial charge >= 0.3 is 6.18 Å². The fraction of sp³-hybridized carbons (Fsp3) is 0.214. The van der Waals surface area contributed by atoms with Gasteiger partial charge in [0.2, 0.25) is 0 Å².